The van der Waals surface area contributed by atoms with E-state index in [4.69, 9.17) is 14.2 Å². The van der Waals surface area contributed by atoms with Gasteiger partial charge in [0, 0.05) is 4.92 Å². The topological polar surface area (TPSA) is 128 Å². The number of ether oxygens (including phenoxy) is 3. The minimum absolute atomic E-state index is 0.00438. The van der Waals surface area contributed by atoms with Crippen LogP contribution in [0.4, 0.5) is 4.79 Å². The number of amides is 1. The summed E-state index contributed by atoms with van der Waals surface area (Å²) in [6.07, 6.45) is 0.502. The lowest BCUT2D eigenvalue weighted by Crippen LogP contribution is -2.57. The molecule has 1 amide bonds. The van der Waals surface area contributed by atoms with Crippen LogP contribution >= 0.6 is 0 Å². The van der Waals surface area contributed by atoms with Crippen LogP contribution < -0.4 is 0 Å². The third kappa shape index (κ3) is 2.87. The monoisotopic (exact) mass is 372 g/mol. The van der Waals surface area contributed by atoms with Crippen LogP contribution in [0.5, 0.6) is 0 Å². The molecule has 26 heavy (non-hydrogen) atoms. The molecule has 0 radical (unpaired) electrons. The molecule has 2 aliphatic rings. The van der Waals surface area contributed by atoms with E-state index in [9.17, 15) is 24.8 Å². The average Bonchev–Trinajstić information content (AvgIpc) is 3.01. The van der Waals surface area contributed by atoms with Gasteiger partial charge in [-0.1, -0.05) is 0 Å². The fourth-order valence-electron chi connectivity index (χ4n) is 3.70. The molecule has 10 nitrogen and oxygen atoms in total. The first-order chi connectivity index (χ1) is 12.0. The van der Waals surface area contributed by atoms with Gasteiger partial charge in [-0.05, 0) is 33.8 Å². The van der Waals surface area contributed by atoms with E-state index in [0.717, 1.165) is 4.90 Å². The standard InChI is InChI=1S/C16H24N2O8/c1-6-25-13(20)11-12(18(22)23)9-7-10(24-5)16(11,8-19)17(9)14(21)26-15(2,3)4/h7,9,11-12,19H,6,8H2,1-5H3/t9-,11-,12-,16+/m0/s1. The van der Waals surface area contributed by atoms with Crippen molar-refractivity contribution < 1.29 is 33.8 Å². The van der Waals surface area contributed by atoms with Gasteiger partial charge < -0.3 is 19.3 Å². The van der Waals surface area contributed by atoms with Crippen LogP contribution in [0.2, 0.25) is 0 Å². The van der Waals surface area contributed by atoms with Crippen LogP contribution in [0.15, 0.2) is 11.8 Å². The minimum Gasteiger partial charge on any atom is -0.499 e. The van der Waals surface area contributed by atoms with Crippen molar-refractivity contribution in [2.24, 2.45) is 5.92 Å². The van der Waals surface area contributed by atoms with Gasteiger partial charge in [0.2, 0.25) is 0 Å². The maximum absolute atomic E-state index is 12.8. The summed E-state index contributed by atoms with van der Waals surface area (Å²) in [5.41, 5.74) is -2.61. The second-order valence-electron chi connectivity index (χ2n) is 7.16. The fraction of sp³-hybridized carbons (Fsp3) is 0.750. The van der Waals surface area contributed by atoms with Gasteiger partial charge in [0.25, 0.3) is 6.04 Å². The largest absolute Gasteiger partial charge is 0.499 e. The van der Waals surface area contributed by atoms with Gasteiger partial charge in [0.1, 0.15) is 22.9 Å². The number of fused-ring (bicyclic) bond motifs is 2. The van der Waals surface area contributed by atoms with E-state index >= 15 is 0 Å². The summed E-state index contributed by atoms with van der Waals surface area (Å²) in [7, 11) is 1.31. The lowest BCUT2D eigenvalue weighted by molar-refractivity contribution is -0.529. The van der Waals surface area contributed by atoms with Crippen LogP contribution in [0, 0.1) is 16.0 Å². The number of carbonyl (C=O) groups is 2. The van der Waals surface area contributed by atoms with E-state index in [-0.39, 0.29) is 12.4 Å². The Morgan fingerprint density at radius 1 is 1.42 bits per heavy atom. The summed E-state index contributed by atoms with van der Waals surface area (Å²) < 4.78 is 15.6. The molecule has 2 aliphatic heterocycles. The van der Waals surface area contributed by atoms with Crippen molar-refractivity contribution >= 4 is 12.1 Å². The smallest absolute Gasteiger partial charge is 0.411 e. The highest BCUT2D eigenvalue weighted by Crippen LogP contribution is 2.52. The van der Waals surface area contributed by atoms with Crippen molar-refractivity contribution in [3.8, 4) is 0 Å². The van der Waals surface area contributed by atoms with Crippen molar-refractivity contribution in [3.63, 3.8) is 0 Å². The molecule has 10 heteroatoms. The Morgan fingerprint density at radius 2 is 2.04 bits per heavy atom. The number of aliphatic hydroxyl groups excluding tert-OH is 1. The molecule has 0 spiro atoms. The zero-order valence-electron chi connectivity index (χ0n) is 15.4. The predicted molar refractivity (Wildman–Crippen MR) is 87.7 cm³/mol. The Bertz CT molecular complexity index is 641. The molecule has 0 aromatic rings. The van der Waals surface area contributed by atoms with Gasteiger partial charge in [0.15, 0.2) is 5.92 Å². The first kappa shape index (κ1) is 20.0. The maximum Gasteiger partial charge on any atom is 0.411 e. The highest BCUT2D eigenvalue weighted by atomic mass is 16.6. The summed E-state index contributed by atoms with van der Waals surface area (Å²) in [5.74, 6) is -2.19. The highest BCUT2D eigenvalue weighted by Gasteiger charge is 2.75. The molecule has 1 fully saturated rings. The summed E-state index contributed by atoms with van der Waals surface area (Å²) in [5, 5.41) is 21.8. The second kappa shape index (κ2) is 6.75. The van der Waals surface area contributed by atoms with Crippen molar-refractivity contribution in [2.45, 2.75) is 50.9 Å². The molecule has 0 saturated carbocycles. The number of rotatable bonds is 5. The fourth-order valence-corrected chi connectivity index (χ4v) is 3.70. The molecule has 0 aromatic carbocycles. The van der Waals surface area contributed by atoms with E-state index in [0.29, 0.717) is 0 Å². The SMILES string of the molecule is CCOC(=O)[C@@H]1[C@@H]([N+](=O)[O-])[C@@H]2C=C(OC)[C@@]1(CO)N2C(=O)OC(C)(C)C. The number of hydrogen-bond acceptors (Lipinski definition) is 8. The summed E-state index contributed by atoms with van der Waals surface area (Å²) in [6.45, 7) is 5.75. The van der Waals surface area contributed by atoms with Crippen LogP contribution in [-0.2, 0) is 19.0 Å². The molecule has 2 bridgehead atoms. The number of esters is 1. The number of nitro groups is 1. The first-order valence-electron chi connectivity index (χ1n) is 8.24. The number of aliphatic hydroxyl groups is 1. The Balaban J connectivity index is 2.59. The summed E-state index contributed by atoms with van der Waals surface area (Å²) in [4.78, 5) is 37.4. The van der Waals surface area contributed by atoms with Gasteiger partial charge in [0.05, 0.1) is 20.3 Å². The Labute approximate surface area is 150 Å². The molecule has 0 aromatic heterocycles. The molecule has 2 rings (SSSR count). The number of hydrogen-bond donors (Lipinski definition) is 1. The number of methoxy groups -OCH3 is 1. The Kier molecular flexibility index (Phi) is 5.18. The molecule has 2 heterocycles. The first-order valence-corrected chi connectivity index (χ1v) is 8.24. The highest BCUT2D eigenvalue weighted by molar-refractivity contribution is 5.82. The second-order valence-corrected chi connectivity index (χ2v) is 7.16. The molecule has 1 N–H and O–H groups in total. The van der Waals surface area contributed by atoms with Crippen molar-refractivity contribution in [1.29, 1.82) is 0 Å². The quantitative estimate of drug-likeness (QED) is 0.424. The Morgan fingerprint density at radius 3 is 2.46 bits per heavy atom. The van der Waals surface area contributed by atoms with E-state index in [1.165, 1.54) is 13.2 Å². The van der Waals surface area contributed by atoms with Crippen LogP contribution in [0.3, 0.4) is 0 Å². The Hall–Kier alpha value is -2.36. The molecule has 1 saturated heterocycles. The van der Waals surface area contributed by atoms with Crippen LogP contribution in [-0.4, -0.2) is 70.5 Å². The van der Waals surface area contributed by atoms with Crippen molar-refractivity contribution in [3.05, 3.63) is 21.9 Å². The normalized spacial score (nSPS) is 30.0. The zero-order chi connectivity index (χ0) is 19.9. The third-order valence-electron chi connectivity index (χ3n) is 4.52. The summed E-state index contributed by atoms with van der Waals surface area (Å²) in [6, 6.07) is -2.58. The number of nitrogens with zero attached hydrogens (tertiary/aromatic N) is 2. The van der Waals surface area contributed by atoms with Crippen LogP contribution in [0.1, 0.15) is 27.7 Å². The molecule has 0 unspecified atom stereocenters. The third-order valence-corrected chi connectivity index (χ3v) is 4.52. The molecule has 4 atom stereocenters. The molecular formula is C16H24N2O8. The van der Waals surface area contributed by atoms with Crippen LogP contribution in [0.25, 0.3) is 0 Å². The predicted octanol–water partition coefficient (Wildman–Crippen LogP) is 0.705. The molecule has 146 valence electrons. The molecule has 0 aliphatic carbocycles. The summed E-state index contributed by atoms with van der Waals surface area (Å²) >= 11 is 0. The van der Waals surface area contributed by atoms with Gasteiger partial charge in [-0.15, -0.1) is 0 Å². The van der Waals surface area contributed by atoms with Gasteiger partial charge in [-0.2, -0.15) is 0 Å². The van der Waals surface area contributed by atoms with Crippen molar-refractivity contribution in [1.82, 2.24) is 4.90 Å². The lowest BCUT2D eigenvalue weighted by Gasteiger charge is -2.37. The molecular weight excluding hydrogens is 348 g/mol. The average molecular weight is 372 g/mol. The van der Waals surface area contributed by atoms with E-state index in [2.05, 4.69) is 0 Å². The minimum atomic E-state index is -1.74. The van der Waals surface area contributed by atoms with Gasteiger partial charge in [-0.25, -0.2) is 4.79 Å². The number of carbonyl (C=O) groups excluding carboxylic acids is 2. The van der Waals surface area contributed by atoms with E-state index in [1.807, 2.05) is 0 Å². The van der Waals surface area contributed by atoms with Gasteiger partial charge >= 0.3 is 12.1 Å². The lowest BCUT2D eigenvalue weighted by atomic mass is 9.78. The van der Waals surface area contributed by atoms with Crippen molar-refractivity contribution in [2.75, 3.05) is 20.3 Å². The van der Waals surface area contributed by atoms with Gasteiger partial charge in [-0.3, -0.25) is 19.8 Å². The van der Waals surface area contributed by atoms with E-state index in [1.54, 1.807) is 27.7 Å². The van der Waals surface area contributed by atoms with E-state index < -0.39 is 52.7 Å². The zero-order valence-corrected chi connectivity index (χ0v) is 15.4. The maximum atomic E-state index is 12.8.